The van der Waals surface area contributed by atoms with Gasteiger partial charge in [0.1, 0.15) is 24.4 Å². The van der Waals surface area contributed by atoms with E-state index in [0.29, 0.717) is 27.5 Å². The van der Waals surface area contributed by atoms with Crippen molar-refractivity contribution >= 4 is 53.2 Å². The number of carbonyl (C=O) groups excluding carboxylic acids is 5. The lowest BCUT2D eigenvalue weighted by molar-refractivity contribution is -0.131. The molecule has 1 radical (unpaired) electrons. The maximum Gasteiger partial charge on any atom is 0.334 e. The first kappa shape index (κ1) is 29.6. The van der Waals surface area contributed by atoms with Gasteiger partial charge >= 0.3 is 6.03 Å². The molecular formula is C24H26Cl2N5O6. The van der Waals surface area contributed by atoms with Gasteiger partial charge in [0, 0.05) is 29.8 Å². The molecule has 0 fully saturated rings. The summed E-state index contributed by atoms with van der Waals surface area (Å²) in [4.78, 5) is 60.6. The van der Waals surface area contributed by atoms with Crippen molar-refractivity contribution in [2.75, 3.05) is 6.61 Å². The lowest BCUT2D eigenvalue weighted by atomic mass is 10.0. The van der Waals surface area contributed by atoms with E-state index in [1.54, 1.807) is 48.5 Å². The largest absolute Gasteiger partial charge is 0.394 e. The minimum absolute atomic E-state index is 0.00595. The number of hydrazine groups is 1. The Morgan fingerprint density at radius 3 is 1.84 bits per heavy atom. The molecule has 0 bridgehead atoms. The minimum Gasteiger partial charge on any atom is -0.394 e. The van der Waals surface area contributed by atoms with Gasteiger partial charge in [-0.05, 0) is 35.4 Å². The normalized spacial score (nSPS) is 12.9. The van der Waals surface area contributed by atoms with Crippen molar-refractivity contribution in [2.24, 2.45) is 0 Å². The molecule has 0 heterocycles. The Morgan fingerprint density at radius 2 is 1.38 bits per heavy atom. The number of aliphatic hydroxyl groups is 1. The molecule has 0 aliphatic heterocycles. The number of benzene rings is 2. The third-order valence-electron chi connectivity index (χ3n) is 4.93. The Bertz CT molecular complexity index is 1100. The highest BCUT2D eigenvalue weighted by Crippen LogP contribution is 2.13. The molecular weight excluding hydrogens is 525 g/mol. The van der Waals surface area contributed by atoms with Crippen LogP contribution >= 0.6 is 23.2 Å². The number of rotatable bonds is 11. The van der Waals surface area contributed by atoms with Gasteiger partial charge in [-0.15, -0.1) is 0 Å². The van der Waals surface area contributed by atoms with Crippen LogP contribution in [0.25, 0.3) is 0 Å². The summed E-state index contributed by atoms with van der Waals surface area (Å²) in [6.07, 6.45) is 0.327. The maximum atomic E-state index is 13.3. The Hall–Kier alpha value is -3.67. The summed E-state index contributed by atoms with van der Waals surface area (Å²) in [6, 6.07) is 8.52. The molecule has 5 N–H and O–H groups in total. The van der Waals surface area contributed by atoms with Crippen LogP contribution in [0.3, 0.4) is 0 Å². The Balaban J connectivity index is 2.26. The summed E-state index contributed by atoms with van der Waals surface area (Å²) in [7, 11) is 0. The fraction of sp³-hybridized carbons (Fsp3) is 0.292. The van der Waals surface area contributed by atoms with Crippen molar-refractivity contribution < 1.29 is 29.1 Å². The molecule has 2 aromatic carbocycles. The van der Waals surface area contributed by atoms with Crippen molar-refractivity contribution in [3.8, 4) is 0 Å². The Kier molecular flexibility index (Phi) is 11.8. The van der Waals surface area contributed by atoms with Crippen LogP contribution in [0.4, 0.5) is 4.79 Å². The number of nitrogens with zero attached hydrogens (tertiary/aromatic N) is 1. The number of hydrogen-bond donors (Lipinski definition) is 5. The van der Waals surface area contributed by atoms with E-state index in [-0.39, 0.29) is 12.8 Å². The van der Waals surface area contributed by atoms with E-state index in [2.05, 4.69) is 26.8 Å². The number of nitrogens with one attached hydrogen (secondary N) is 4. The molecule has 2 rings (SSSR count). The Morgan fingerprint density at radius 1 is 0.865 bits per heavy atom. The first-order valence-electron chi connectivity index (χ1n) is 11.0. The zero-order valence-electron chi connectivity index (χ0n) is 19.7. The molecule has 3 atom stereocenters. The summed E-state index contributed by atoms with van der Waals surface area (Å²) in [5.41, 5.74) is 5.50. The van der Waals surface area contributed by atoms with Gasteiger partial charge in [-0.1, -0.05) is 47.5 Å². The SMILES string of the molecule is CC(=O)NNC(=O)N[C@@H](Cc1ccc(Cl)cc1)C(=O)N[C@@H](Cc1ccc(Cl)cc1)C(=O)[N][C@H](C=O)CO. The highest BCUT2D eigenvalue weighted by atomic mass is 35.5. The fourth-order valence-corrected chi connectivity index (χ4v) is 3.35. The number of hydrogen-bond acceptors (Lipinski definition) is 6. The molecule has 13 heteroatoms. The van der Waals surface area contributed by atoms with Crippen LogP contribution < -0.4 is 26.8 Å². The Labute approximate surface area is 223 Å². The minimum atomic E-state index is -1.29. The summed E-state index contributed by atoms with van der Waals surface area (Å²) in [5.74, 6) is -2.11. The van der Waals surface area contributed by atoms with E-state index in [0.717, 1.165) is 0 Å². The van der Waals surface area contributed by atoms with Crippen LogP contribution in [0, 0.1) is 0 Å². The van der Waals surface area contributed by atoms with Crippen molar-refractivity contribution in [3.63, 3.8) is 0 Å². The first-order valence-corrected chi connectivity index (χ1v) is 11.8. The molecule has 0 aliphatic carbocycles. The summed E-state index contributed by atoms with van der Waals surface area (Å²) < 4.78 is 0. The van der Waals surface area contributed by atoms with E-state index in [4.69, 9.17) is 23.2 Å². The van der Waals surface area contributed by atoms with Crippen LogP contribution in [-0.2, 0) is 32.0 Å². The van der Waals surface area contributed by atoms with Crippen molar-refractivity contribution in [2.45, 2.75) is 37.9 Å². The van der Waals surface area contributed by atoms with Crippen LogP contribution in [0.5, 0.6) is 0 Å². The fourth-order valence-electron chi connectivity index (χ4n) is 3.10. The van der Waals surface area contributed by atoms with Crippen LogP contribution in [0.1, 0.15) is 18.1 Å². The standard InChI is InChI=1S/C24H26Cl2N5O6/c1-14(34)30-31-24(37)29-21(11-16-4-8-18(26)9-5-16)23(36)28-20(22(35)27-19(12-32)13-33)10-15-2-6-17(25)7-3-15/h2-9,12,19-21,33H,10-11,13H2,1H3,(H,28,36)(H,30,34)(H2,29,31,37)/t19-,20+,21+/m1/s1. The molecule has 37 heavy (non-hydrogen) atoms. The third-order valence-corrected chi connectivity index (χ3v) is 5.44. The number of aliphatic hydroxyl groups excluding tert-OH is 1. The molecule has 0 saturated carbocycles. The molecule has 11 nitrogen and oxygen atoms in total. The van der Waals surface area contributed by atoms with Gasteiger partial charge in [-0.25, -0.2) is 15.5 Å². The molecule has 0 unspecified atom stereocenters. The van der Waals surface area contributed by atoms with Crippen LogP contribution in [0.15, 0.2) is 48.5 Å². The zero-order valence-corrected chi connectivity index (χ0v) is 21.3. The lowest BCUT2D eigenvalue weighted by Crippen LogP contribution is -2.57. The van der Waals surface area contributed by atoms with E-state index in [9.17, 15) is 29.1 Å². The van der Waals surface area contributed by atoms with Gasteiger partial charge in [0.25, 0.3) is 5.91 Å². The smallest absolute Gasteiger partial charge is 0.334 e. The van der Waals surface area contributed by atoms with Gasteiger partial charge in [0.05, 0.1) is 6.61 Å². The molecule has 0 aliphatic rings. The van der Waals surface area contributed by atoms with Crippen LogP contribution in [-0.4, -0.2) is 59.9 Å². The second kappa shape index (κ2) is 14.8. The number of amides is 5. The predicted octanol–water partition coefficient (Wildman–Crippen LogP) is 0.673. The molecule has 0 saturated heterocycles. The average molecular weight is 551 g/mol. The number of carbonyl (C=O) groups is 5. The van der Waals surface area contributed by atoms with E-state index < -0.39 is 48.5 Å². The average Bonchev–Trinajstić information content (AvgIpc) is 2.87. The second-order valence-electron chi connectivity index (χ2n) is 7.91. The van der Waals surface area contributed by atoms with Crippen molar-refractivity contribution in [1.29, 1.82) is 0 Å². The zero-order chi connectivity index (χ0) is 27.4. The maximum absolute atomic E-state index is 13.3. The summed E-state index contributed by atoms with van der Waals surface area (Å²) >= 11 is 11.8. The molecule has 2 aromatic rings. The highest BCUT2D eigenvalue weighted by molar-refractivity contribution is 6.30. The van der Waals surface area contributed by atoms with E-state index in [1.165, 1.54) is 6.92 Å². The third kappa shape index (κ3) is 10.5. The second-order valence-corrected chi connectivity index (χ2v) is 8.78. The molecule has 5 amide bonds. The topological polar surface area (TPSA) is 168 Å². The number of halogens is 2. The summed E-state index contributed by atoms with van der Waals surface area (Å²) in [5, 5.41) is 18.9. The highest BCUT2D eigenvalue weighted by Gasteiger charge is 2.29. The van der Waals surface area contributed by atoms with Crippen molar-refractivity contribution in [3.05, 3.63) is 69.7 Å². The predicted molar refractivity (Wildman–Crippen MR) is 136 cm³/mol. The van der Waals surface area contributed by atoms with Gasteiger partial charge in [-0.3, -0.25) is 19.8 Å². The lowest BCUT2D eigenvalue weighted by Gasteiger charge is -2.23. The van der Waals surface area contributed by atoms with Gasteiger partial charge in [-0.2, -0.15) is 0 Å². The number of urea groups is 1. The van der Waals surface area contributed by atoms with Gasteiger partial charge in [0.2, 0.25) is 11.8 Å². The van der Waals surface area contributed by atoms with E-state index >= 15 is 0 Å². The number of aldehydes is 1. The van der Waals surface area contributed by atoms with Gasteiger partial charge in [0.15, 0.2) is 0 Å². The summed E-state index contributed by atoms with van der Waals surface area (Å²) in [6.45, 7) is 0.508. The van der Waals surface area contributed by atoms with E-state index in [1.807, 2.05) is 0 Å². The van der Waals surface area contributed by atoms with Crippen molar-refractivity contribution in [1.82, 2.24) is 26.8 Å². The monoisotopic (exact) mass is 550 g/mol. The van der Waals surface area contributed by atoms with Crippen LogP contribution in [0.2, 0.25) is 10.0 Å². The quantitative estimate of drug-likeness (QED) is 0.203. The molecule has 0 aromatic heterocycles. The van der Waals surface area contributed by atoms with Gasteiger partial charge < -0.3 is 20.5 Å². The molecule has 0 spiro atoms. The first-order chi connectivity index (χ1) is 17.6. The molecule has 197 valence electrons.